The van der Waals surface area contributed by atoms with E-state index in [1.54, 1.807) is 6.20 Å². The third-order valence-electron chi connectivity index (χ3n) is 2.04. The quantitative estimate of drug-likeness (QED) is 0.700. The third kappa shape index (κ3) is 1.11. The van der Waals surface area contributed by atoms with E-state index in [0.29, 0.717) is 5.56 Å². The van der Waals surface area contributed by atoms with Gasteiger partial charge in [0, 0.05) is 11.8 Å². The first-order chi connectivity index (χ1) is 6.36. The molecule has 2 heterocycles. The van der Waals surface area contributed by atoms with Crippen LogP contribution in [0.5, 0.6) is 0 Å². The summed E-state index contributed by atoms with van der Waals surface area (Å²) in [6.45, 7) is 2.00. The Morgan fingerprint density at radius 3 is 3.08 bits per heavy atom. The molecule has 2 rings (SSSR count). The molecule has 2 aromatic rings. The molecule has 0 spiro atoms. The van der Waals surface area contributed by atoms with Gasteiger partial charge in [0.1, 0.15) is 12.0 Å². The summed E-state index contributed by atoms with van der Waals surface area (Å²) in [4.78, 5) is 21.8. The largest absolute Gasteiger partial charge is 0.345 e. The Morgan fingerprint density at radius 2 is 2.38 bits per heavy atom. The summed E-state index contributed by atoms with van der Waals surface area (Å²) in [6.07, 6.45) is 4.79. The van der Waals surface area contributed by atoms with Crippen LogP contribution in [0.3, 0.4) is 0 Å². The molecule has 0 aromatic carbocycles. The lowest BCUT2D eigenvalue weighted by Gasteiger charge is -1.96. The molecule has 0 amide bonds. The Morgan fingerprint density at radius 1 is 1.54 bits per heavy atom. The normalized spacial score (nSPS) is 10.5. The number of hydrogen-bond acceptors (Lipinski definition) is 3. The van der Waals surface area contributed by atoms with E-state index in [0.717, 1.165) is 29.4 Å². The van der Waals surface area contributed by atoms with Gasteiger partial charge in [-0.05, 0) is 6.42 Å². The van der Waals surface area contributed by atoms with Gasteiger partial charge >= 0.3 is 0 Å². The maximum atomic E-state index is 10.7. The number of nitrogens with zero attached hydrogens (tertiary/aromatic N) is 2. The van der Waals surface area contributed by atoms with E-state index in [9.17, 15) is 4.79 Å². The minimum Gasteiger partial charge on any atom is -0.345 e. The molecular formula is C9H9N3O. The van der Waals surface area contributed by atoms with E-state index < -0.39 is 0 Å². The van der Waals surface area contributed by atoms with Gasteiger partial charge in [0.15, 0.2) is 6.29 Å². The first kappa shape index (κ1) is 7.91. The van der Waals surface area contributed by atoms with E-state index in [4.69, 9.17) is 0 Å². The highest BCUT2D eigenvalue weighted by molar-refractivity contribution is 5.96. The highest BCUT2D eigenvalue weighted by atomic mass is 16.1. The molecular weight excluding hydrogens is 166 g/mol. The van der Waals surface area contributed by atoms with Crippen LogP contribution in [0.4, 0.5) is 0 Å². The molecule has 2 aromatic heterocycles. The van der Waals surface area contributed by atoms with Crippen molar-refractivity contribution in [2.45, 2.75) is 13.3 Å². The molecule has 0 atom stereocenters. The van der Waals surface area contributed by atoms with Gasteiger partial charge in [-0.25, -0.2) is 9.97 Å². The van der Waals surface area contributed by atoms with Crippen LogP contribution in [0.1, 0.15) is 23.0 Å². The number of carbonyl (C=O) groups excluding carboxylic acids is 1. The Labute approximate surface area is 75.0 Å². The fourth-order valence-corrected chi connectivity index (χ4v) is 1.41. The van der Waals surface area contributed by atoms with Crippen molar-refractivity contribution < 1.29 is 4.79 Å². The van der Waals surface area contributed by atoms with Gasteiger partial charge < -0.3 is 4.98 Å². The standard InChI is InChI=1S/C9H9N3O/c1-2-7-8-6(4-13)3-10-9(8)12-5-11-7/h3-5H,2H2,1H3,(H,10,11,12). The summed E-state index contributed by atoms with van der Waals surface area (Å²) < 4.78 is 0. The summed E-state index contributed by atoms with van der Waals surface area (Å²) in [5.41, 5.74) is 2.27. The Hall–Kier alpha value is -1.71. The topological polar surface area (TPSA) is 58.6 Å². The Bertz CT molecular complexity index is 447. The number of aromatic nitrogens is 3. The fraction of sp³-hybridized carbons (Fsp3) is 0.222. The minimum absolute atomic E-state index is 0.632. The van der Waals surface area contributed by atoms with Crippen LogP contribution in [0.2, 0.25) is 0 Å². The average molecular weight is 175 g/mol. The number of rotatable bonds is 2. The molecule has 0 saturated heterocycles. The number of aromatic amines is 1. The van der Waals surface area contributed by atoms with Gasteiger partial charge in [0.25, 0.3) is 0 Å². The summed E-state index contributed by atoms with van der Waals surface area (Å²) in [7, 11) is 0. The van der Waals surface area contributed by atoms with Gasteiger partial charge in [0.2, 0.25) is 0 Å². The summed E-state index contributed by atoms with van der Waals surface area (Å²) in [6, 6.07) is 0. The number of fused-ring (bicyclic) bond motifs is 1. The zero-order valence-electron chi connectivity index (χ0n) is 7.24. The van der Waals surface area contributed by atoms with Crippen molar-refractivity contribution in [3.8, 4) is 0 Å². The Kier molecular flexibility index (Phi) is 1.81. The second-order valence-corrected chi connectivity index (χ2v) is 2.76. The molecule has 4 heteroatoms. The van der Waals surface area contributed by atoms with E-state index >= 15 is 0 Å². The molecule has 0 radical (unpaired) electrons. The summed E-state index contributed by atoms with van der Waals surface area (Å²) >= 11 is 0. The van der Waals surface area contributed by atoms with Gasteiger partial charge in [0.05, 0.1) is 11.1 Å². The number of hydrogen-bond donors (Lipinski definition) is 1. The van der Waals surface area contributed by atoms with Gasteiger partial charge in [-0.2, -0.15) is 0 Å². The van der Waals surface area contributed by atoms with Crippen molar-refractivity contribution in [2.24, 2.45) is 0 Å². The molecule has 0 saturated carbocycles. The zero-order valence-corrected chi connectivity index (χ0v) is 7.24. The van der Waals surface area contributed by atoms with Crippen molar-refractivity contribution >= 4 is 17.3 Å². The number of aldehydes is 1. The lowest BCUT2D eigenvalue weighted by molar-refractivity contribution is 0.112. The van der Waals surface area contributed by atoms with Crippen molar-refractivity contribution in [1.82, 2.24) is 15.0 Å². The van der Waals surface area contributed by atoms with E-state index in [1.807, 2.05) is 6.92 Å². The Balaban J connectivity index is 2.83. The molecule has 0 unspecified atom stereocenters. The zero-order chi connectivity index (χ0) is 9.26. The van der Waals surface area contributed by atoms with Crippen LogP contribution in [0, 0.1) is 0 Å². The second-order valence-electron chi connectivity index (χ2n) is 2.76. The minimum atomic E-state index is 0.632. The molecule has 0 aliphatic heterocycles. The third-order valence-corrected chi connectivity index (χ3v) is 2.04. The van der Waals surface area contributed by atoms with Crippen molar-refractivity contribution in [1.29, 1.82) is 0 Å². The molecule has 0 aliphatic carbocycles. The number of H-pyrrole nitrogens is 1. The number of carbonyl (C=O) groups is 1. The number of nitrogens with one attached hydrogen (secondary N) is 1. The number of aryl methyl sites for hydroxylation is 1. The summed E-state index contributed by atoms with van der Waals surface area (Å²) in [5.74, 6) is 0. The van der Waals surface area contributed by atoms with E-state index in [-0.39, 0.29) is 0 Å². The fourth-order valence-electron chi connectivity index (χ4n) is 1.41. The van der Waals surface area contributed by atoms with Crippen LogP contribution >= 0.6 is 0 Å². The summed E-state index contributed by atoms with van der Waals surface area (Å²) in [5, 5.41) is 0.847. The predicted octanol–water partition coefficient (Wildman–Crippen LogP) is 1.33. The molecule has 0 aliphatic rings. The van der Waals surface area contributed by atoms with Crippen LogP contribution < -0.4 is 0 Å². The maximum absolute atomic E-state index is 10.7. The van der Waals surface area contributed by atoms with Crippen molar-refractivity contribution in [3.63, 3.8) is 0 Å². The monoisotopic (exact) mass is 175 g/mol. The van der Waals surface area contributed by atoms with Crippen LogP contribution in [-0.2, 0) is 6.42 Å². The van der Waals surface area contributed by atoms with Crippen LogP contribution in [0.15, 0.2) is 12.5 Å². The van der Waals surface area contributed by atoms with Gasteiger partial charge in [-0.3, -0.25) is 4.79 Å². The molecule has 0 fully saturated rings. The molecule has 4 nitrogen and oxygen atoms in total. The SMILES string of the molecule is CCc1ncnc2[nH]cc(C=O)c12. The predicted molar refractivity (Wildman–Crippen MR) is 48.7 cm³/mol. The highest BCUT2D eigenvalue weighted by Crippen LogP contribution is 2.17. The van der Waals surface area contributed by atoms with Gasteiger partial charge in [-0.15, -0.1) is 0 Å². The highest BCUT2D eigenvalue weighted by Gasteiger charge is 2.07. The van der Waals surface area contributed by atoms with E-state index in [2.05, 4.69) is 15.0 Å². The van der Waals surface area contributed by atoms with Crippen LogP contribution in [0.25, 0.3) is 11.0 Å². The second kappa shape index (κ2) is 2.97. The molecule has 0 bridgehead atoms. The first-order valence-corrected chi connectivity index (χ1v) is 4.13. The van der Waals surface area contributed by atoms with Crippen molar-refractivity contribution in [2.75, 3.05) is 0 Å². The average Bonchev–Trinajstić information content (AvgIpc) is 2.60. The van der Waals surface area contributed by atoms with Crippen molar-refractivity contribution in [3.05, 3.63) is 23.8 Å². The molecule has 66 valence electrons. The smallest absolute Gasteiger partial charge is 0.152 e. The van der Waals surface area contributed by atoms with Crippen LogP contribution in [-0.4, -0.2) is 21.2 Å². The molecule has 1 N–H and O–H groups in total. The first-order valence-electron chi connectivity index (χ1n) is 4.13. The molecule has 13 heavy (non-hydrogen) atoms. The lowest BCUT2D eigenvalue weighted by atomic mass is 10.2. The lowest BCUT2D eigenvalue weighted by Crippen LogP contribution is -1.91. The van der Waals surface area contributed by atoms with E-state index in [1.165, 1.54) is 6.33 Å². The van der Waals surface area contributed by atoms with Gasteiger partial charge in [-0.1, -0.05) is 6.92 Å². The maximum Gasteiger partial charge on any atom is 0.152 e.